The summed E-state index contributed by atoms with van der Waals surface area (Å²) in [6, 6.07) is 13.7. The van der Waals surface area contributed by atoms with Gasteiger partial charge in [0.1, 0.15) is 11.6 Å². The van der Waals surface area contributed by atoms with E-state index >= 15 is 0 Å². The van der Waals surface area contributed by atoms with Crippen LogP contribution >= 0.6 is 0 Å². The number of amides is 1. The Balaban J connectivity index is 1.98. The number of ether oxygens (including phenoxy) is 1. The molecule has 0 aliphatic heterocycles. The normalized spacial score (nSPS) is 12.0. The summed E-state index contributed by atoms with van der Waals surface area (Å²) in [4.78, 5) is 12.0. The lowest BCUT2D eigenvalue weighted by Crippen LogP contribution is -2.30. The van der Waals surface area contributed by atoms with E-state index in [1.165, 1.54) is 17.7 Å². The van der Waals surface area contributed by atoms with Gasteiger partial charge in [0.2, 0.25) is 0 Å². The second-order valence-electron chi connectivity index (χ2n) is 5.45. The van der Waals surface area contributed by atoms with Crippen LogP contribution in [0.4, 0.5) is 10.1 Å². The van der Waals surface area contributed by atoms with E-state index in [0.717, 1.165) is 0 Å². The van der Waals surface area contributed by atoms with E-state index < -0.39 is 17.8 Å². The summed E-state index contributed by atoms with van der Waals surface area (Å²) in [5, 5.41) is 2.52. The molecule has 0 saturated carbocycles. The summed E-state index contributed by atoms with van der Waals surface area (Å²) in [6.07, 6.45) is -0.718. The largest absolute Gasteiger partial charge is 0.481 e. The summed E-state index contributed by atoms with van der Waals surface area (Å²) in [6.45, 7) is 5.85. The Labute approximate surface area is 130 Å². The van der Waals surface area contributed by atoms with Crippen LogP contribution in [0.25, 0.3) is 0 Å². The van der Waals surface area contributed by atoms with Crippen molar-refractivity contribution in [3.8, 4) is 5.75 Å². The summed E-state index contributed by atoms with van der Waals surface area (Å²) in [5.41, 5.74) is 1.36. The predicted octanol–water partition coefficient (Wildman–Crippen LogP) is 4.36. The molecule has 1 atom stereocenters. The second kappa shape index (κ2) is 7.07. The van der Waals surface area contributed by atoms with Crippen molar-refractivity contribution in [1.29, 1.82) is 0 Å². The van der Waals surface area contributed by atoms with Crippen LogP contribution in [-0.2, 0) is 4.79 Å². The van der Waals surface area contributed by atoms with Crippen LogP contribution in [0.2, 0.25) is 0 Å². The zero-order chi connectivity index (χ0) is 16.1. The number of hydrogen-bond acceptors (Lipinski definition) is 2. The van der Waals surface area contributed by atoms with Crippen molar-refractivity contribution in [2.45, 2.75) is 32.8 Å². The summed E-state index contributed by atoms with van der Waals surface area (Å²) in [5.74, 6) is 0.193. The minimum Gasteiger partial charge on any atom is -0.481 e. The zero-order valence-corrected chi connectivity index (χ0v) is 13.0. The number of nitrogens with one attached hydrogen (secondary N) is 1. The highest BCUT2D eigenvalue weighted by Gasteiger charge is 2.16. The Bertz CT molecular complexity index is 638. The Morgan fingerprint density at radius 1 is 1.05 bits per heavy atom. The number of rotatable bonds is 5. The fourth-order valence-electron chi connectivity index (χ4n) is 1.99. The maximum Gasteiger partial charge on any atom is 0.265 e. The van der Waals surface area contributed by atoms with Gasteiger partial charge in [-0.05, 0) is 42.7 Å². The van der Waals surface area contributed by atoms with Gasteiger partial charge in [-0.25, -0.2) is 4.39 Å². The highest BCUT2D eigenvalue weighted by atomic mass is 19.1. The molecule has 0 aliphatic rings. The minimum atomic E-state index is -0.718. The van der Waals surface area contributed by atoms with Crippen LogP contribution in [0.15, 0.2) is 48.5 Å². The maximum atomic E-state index is 13.5. The Kier molecular flexibility index (Phi) is 5.15. The average molecular weight is 301 g/mol. The molecule has 1 N–H and O–H groups in total. The Hall–Kier alpha value is -2.36. The van der Waals surface area contributed by atoms with E-state index in [0.29, 0.717) is 11.7 Å². The molecule has 0 heterocycles. The summed E-state index contributed by atoms with van der Waals surface area (Å²) >= 11 is 0. The van der Waals surface area contributed by atoms with Gasteiger partial charge in [0.25, 0.3) is 5.91 Å². The number of para-hydroxylation sites is 1. The molecule has 0 aliphatic carbocycles. The monoisotopic (exact) mass is 301 g/mol. The highest BCUT2D eigenvalue weighted by molar-refractivity contribution is 5.94. The molecule has 0 saturated heterocycles. The van der Waals surface area contributed by atoms with Crippen LogP contribution in [0.3, 0.4) is 0 Å². The van der Waals surface area contributed by atoms with Gasteiger partial charge >= 0.3 is 0 Å². The Morgan fingerprint density at radius 2 is 1.68 bits per heavy atom. The van der Waals surface area contributed by atoms with Gasteiger partial charge in [-0.3, -0.25) is 4.79 Å². The van der Waals surface area contributed by atoms with Gasteiger partial charge in [-0.15, -0.1) is 0 Å². The lowest BCUT2D eigenvalue weighted by Gasteiger charge is -2.15. The van der Waals surface area contributed by atoms with Crippen LogP contribution in [0, 0.1) is 5.82 Å². The quantitative estimate of drug-likeness (QED) is 0.891. The first-order valence-corrected chi connectivity index (χ1v) is 7.29. The first kappa shape index (κ1) is 16.0. The molecule has 2 rings (SSSR count). The zero-order valence-electron chi connectivity index (χ0n) is 13.0. The van der Waals surface area contributed by atoms with Crippen molar-refractivity contribution >= 4 is 11.6 Å². The molecule has 0 radical (unpaired) electrons. The van der Waals surface area contributed by atoms with Gasteiger partial charge < -0.3 is 10.1 Å². The van der Waals surface area contributed by atoms with E-state index in [4.69, 9.17) is 4.74 Å². The molecular formula is C18H20FNO2. The first-order chi connectivity index (χ1) is 10.5. The highest BCUT2D eigenvalue weighted by Crippen LogP contribution is 2.20. The van der Waals surface area contributed by atoms with Gasteiger partial charge in [-0.2, -0.15) is 0 Å². The van der Waals surface area contributed by atoms with Crippen LogP contribution in [-0.4, -0.2) is 12.0 Å². The molecular weight excluding hydrogens is 281 g/mol. The smallest absolute Gasteiger partial charge is 0.265 e. The molecule has 116 valence electrons. The van der Waals surface area contributed by atoms with Crippen molar-refractivity contribution in [2.75, 3.05) is 5.32 Å². The van der Waals surface area contributed by atoms with Gasteiger partial charge in [0.15, 0.2) is 6.10 Å². The van der Waals surface area contributed by atoms with Crippen molar-refractivity contribution in [3.05, 3.63) is 59.9 Å². The molecule has 3 nitrogen and oxygen atoms in total. The van der Waals surface area contributed by atoms with Crippen molar-refractivity contribution in [2.24, 2.45) is 0 Å². The average Bonchev–Trinajstić information content (AvgIpc) is 2.50. The van der Waals surface area contributed by atoms with Crippen LogP contribution in [0.1, 0.15) is 32.3 Å². The van der Waals surface area contributed by atoms with Crippen LogP contribution < -0.4 is 10.1 Å². The molecule has 0 aromatic heterocycles. The number of halogens is 1. The van der Waals surface area contributed by atoms with Crippen molar-refractivity contribution in [1.82, 2.24) is 0 Å². The lowest BCUT2D eigenvalue weighted by atomic mass is 10.0. The number of anilines is 1. The fourth-order valence-corrected chi connectivity index (χ4v) is 1.99. The van der Waals surface area contributed by atoms with Crippen LogP contribution in [0.5, 0.6) is 5.75 Å². The van der Waals surface area contributed by atoms with Gasteiger partial charge in [-0.1, -0.05) is 38.1 Å². The van der Waals surface area contributed by atoms with Crippen molar-refractivity contribution in [3.63, 3.8) is 0 Å². The van der Waals surface area contributed by atoms with Gasteiger partial charge in [0.05, 0.1) is 5.69 Å². The van der Waals surface area contributed by atoms with E-state index in [-0.39, 0.29) is 5.69 Å². The second-order valence-corrected chi connectivity index (χ2v) is 5.45. The van der Waals surface area contributed by atoms with Gasteiger partial charge in [0, 0.05) is 0 Å². The molecule has 4 heteroatoms. The molecule has 2 aromatic carbocycles. The SMILES string of the molecule is CC(Oc1ccc(C(C)C)cc1)C(=O)Nc1ccccc1F. The molecule has 0 bridgehead atoms. The number of carbonyl (C=O) groups excluding carboxylic acids is 1. The maximum absolute atomic E-state index is 13.5. The topological polar surface area (TPSA) is 38.3 Å². The molecule has 0 spiro atoms. The first-order valence-electron chi connectivity index (χ1n) is 7.29. The summed E-state index contributed by atoms with van der Waals surface area (Å²) in [7, 11) is 0. The number of carbonyl (C=O) groups is 1. The van der Waals surface area contributed by atoms with E-state index in [1.54, 1.807) is 19.1 Å². The molecule has 1 amide bonds. The lowest BCUT2D eigenvalue weighted by molar-refractivity contribution is -0.122. The van der Waals surface area contributed by atoms with E-state index in [9.17, 15) is 9.18 Å². The predicted molar refractivity (Wildman–Crippen MR) is 85.7 cm³/mol. The summed E-state index contributed by atoms with van der Waals surface area (Å²) < 4.78 is 19.1. The van der Waals surface area contributed by atoms with Crippen molar-refractivity contribution < 1.29 is 13.9 Å². The molecule has 22 heavy (non-hydrogen) atoms. The Morgan fingerprint density at radius 3 is 2.27 bits per heavy atom. The fraction of sp³-hybridized carbons (Fsp3) is 0.278. The number of benzene rings is 2. The third kappa shape index (κ3) is 4.07. The van der Waals surface area contributed by atoms with E-state index in [2.05, 4.69) is 19.2 Å². The number of hydrogen-bond donors (Lipinski definition) is 1. The van der Waals surface area contributed by atoms with E-state index in [1.807, 2.05) is 24.3 Å². The standard InChI is InChI=1S/C18H20FNO2/c1-12(2)14-8-10-15(11-9-14)22-13(3)18(21)20-17-7-5-4-6-16(17)19/h4-13H,1-3H3,(H,20,21). The molecule has 1 unspecified atom stereocenters. The molecule has 2 aromatic rings. The third-order valence-electron chi connectivity index (χ3n) is 3.36. The minimum absolute atomic E-state index is 0.151. The molecule has 0 fully saturated rings. The third-order valence-corrected chi connectivity index (χ3v) is 3.36.